The average Bonchev–Trinajstić information content (AvgIpc) is 3.12. The quantitative estimate of drug-likeness (QED) is 0.503. The summed E-state index contributed by atoms with van der Waals surface area (Å²) < 4.78 is 5.37. The zero-order valence-corrected chi connectivity index (χ0v) is 22.5. The Balaban J connectivity index is 1.34. The van der Waals surface area contributed by atoms with E-state index in [0.717, 1.165) is 32.2 Å². The highest BCUT2D eigenvalue weighted by atomic mass is 16.5. The van der Waals surface area contributed by atoms with E-state index in [1.165, 1.54) is 24.8 Å². The number of nitrogens with zero attached hydrogens (tertiary/aromatic N) is 4. The second-order valence-electron chi connectivity index (χ2n) is 11.4. The number of urea groups is 1. The molecule has 7 heteroatoms. The lowest BCUT2D eigenvalue weighted by Gasteiger charge is -2.51. The summed E-state index contributed by atoms with van der Waals surface area (Å²) in [6.07, 6.45) is 9.36. The third-order valence-corrected chi connectivity index (χ3v) is 9.20. The summed E-state index contributed by atoms with van der Waals surface area (Å²) in [5.41, 5.74) is 1.74. The molecule has 3 aliphatic rings. The van der Waals surface area contributed by atoms with Crippen molar-refractivity contribution >= 4 is 11.8 Å². The fourth-order valence-corrected chi connectivity index (χ4v) is 6.71. The summed E-state index contributed by atoms with van der Waals surface area (Å²) in [5.74, 6) is 1.19. The standard InChI is InChI=1S/C30H40N4O3/c1-32(2)30(24-11-5-4-6-12-24)16-14-29(15-17-30)22-33(28(36)34(29)20-23-9-7-10-23)21-25(35)19-26-27(37-3)13-8-18-31-26/h4-6,8,11-13,18,23H,7,9-10,14-17,19-22H2,1-3H3. The van der Waals surface area contributed by atoms with Gasteiger partial charge in [0.2, 0.25) is 0 Å². The number of Topliss-reactive ketones (excluding diaryl/α,β-unsaturated/α-hetero) is 1. The average molecular weight is 505 g/mol. The van der Waals surface area contributed by atoms with Gasteiger partial charge in [0.1, 0.15) is 5.75 Å². The highest BCUT2D eigenvalue weighted by Gasteiger charge is 2.55. The Morgan fingerprint density at radius 2 is 1.81 bits per heavy atom. The largest absolute Gasteiger partial charge is 0.495 e. The Labute approximate surface area is 220 Å². The van der Waals surface area contributed by atoms with Crippen LogP contribution in [0.4, 0.5) is 4.79 Å². The Kier molecular flexibility index (Phi) is 7.26. The van der Waals surface area contributed by atoms with Gasteiger partial charge in [-0.05, 0) is 76.2 Å². The van der Waals surface area contributed by atoms with Gasteiger partial charge in [0, 0.05) is 24.8 Å². The first kappa shape index (κ1) is 25.7. The van der Waals surface area contributed by atoms with Crippen LogP contribution in [0, 0.1) is 5.92 Å². The Morgan fingerprint density at radius 1 is 1.08 bits per heavy atom. The van der Waals surface area contributed by atoms with Gasteiger partial charge in [-0.2, -0.15) is 0 Å². The molecule has 1 saturated heterocycles. The van der Waals surface area contributed by atoms with Gasteiger partial charge in [0.25, 0.3) is 0 Å². The molecule has 2 aliphatic carbocycles. The minimum absolute atomic E-state index is 0.00581. The number of hydrogen-bond donors (Lipinski definition) is 0. The van der Waals surface area contributed by atoms with Crippen LogP contribution in [0.2, 0.25) is 0 Å². The Hall–Kier alpha value is -2.93. The SMILES string of the molecule is COc1cccnc1CC(=O)CN1CC2(CCC(c3ccccc3)(N(C)C)CC2)N(CC2CCC2)C1=O. The van der Waals surface area contributed by atoms with E-state index in [-0.39, 0.29) is 35.9 Å². The number of rotatable bonds is 9. The number of carbonyl (C=O) groups is 2. The second kappa shape index (κ2) is 10.4. The molecule has 1 aromatic carbocycles. The van der Waals surface area contributed by atoms with E-state index in [1.54, 1.807) is 19.4 Å². The Bertz CT molecular complexity index is 1110. The van der Waals surface area contributed by atoms with E-state index in [0.29, 0.717) is 23.9 Å². The predicted octanol–water partition coefficient (Wildman–Crippen LogP) is 4.51. The number of pyridine rings is 1. The molecule has 2 amide bonds. The maximum absolute atomic E-state index is 13.8. The molecular formula is C30H40N4O3. The summed E-state index contributed by atoms with van der Waals surface area (Å²) in [5, 5.41) is 0. The molecule has 0 unspecified atom stereocenters. The number of methoxy groups -OCH3 is 1. The number of carbonyl (C=O) groups excluding carboxylic acids is 2. The number of ether oxygens (including phenoxy) is 1. The molecule has 1 spiro atoms. The highest BCUT2D eigenvalue weighted by molar-refractivity contribution is 5.88. The Morgan fingerprint density at radius 3 is 2.43 bits per heavy atom. The first-order valence-electron chi connectivity index (χ1n) is 13.7. The van der Waals surface area contributed by atoms with Crippen LogP contribution in [-0.4, -0.2) is 77.9 Å². The maximum atomic E-state index is 13.8. The number of benzene rings is 1. The lowest BCUT2D eigenvalue weighted by atomic mass is 9.68. The summed E-state index contributed by atoms with van der Waals surface area (Å²) in [7, 11) is 5.94. The highest BCUT2D eigenvalue weighted by Crippen LogP contribution is 2.49. The molecular weight excluding hydrogens is 464 g/mol. The van der Waals surface area contributed by atoms with Crippen molar-refractivity contribution in [2.24, 2.45) is 5.92 Å². The molecule has 0 atom stereocenters. The summed E-state index contributed by atoms with van der Waals surface area (Å²) in [6, 6.07) is 14.4. The van der Waals surface area contributed by atoms with E-state index in [4.69, 9.17) is 4.74 Å². The molecule has 2 heterocycles. The van der Waals surface area contributed by atoms with Crippen molar-refractivity contribution in [3.8, 4) is 5.75 Å². The van der Waals surface area contributed by atoms with Gasteiger partial charge in [-0.3, -0.25) is 14.7 Å². The molecule has 198 valence electrons. The van der Waals surface area contributed by atoms with Gasteiger partial charge in [-0.1, -0.05) is 36.8 Å². The lowest BCUT2D eigenvalue weighted by molar-refractivity contribution is -0.119. The smallest absolute Gasteiger partial charge is 0.321 e. The molecule has 1 aliphatic heterocycles. The van der Waals surface area contributed by atoms with E-state index >= 15 is 0 Å². The van der Waals surface area contributed by atoms with Gasteiger partial charge >= 0.3 is 6.03 Å². The predicted molar refractivity (Wildman–Crippen MR) is 144 cm³/mol. The van der Waals surface area contributed by atoms with E-state index < -0.39 is 0 Å². The minimum atomic E-state index is -0.204. The van der Waals surface area contributed by atoms with Crippen LogP contribution in [0.3, 0.4) is 0 Å². The molecule has 0 radical (unpaired) electrons. The van der Waals surface area contributed by atoms with Crippen molar-refractivity contribution in [2.45, 2.75) is 62.4 Å². The summed E-state index contributed by atoms with van der Waals surface area (Å²) >= 11 is 0. The molecule has 37 heavy (non-hydrogen) atoms. The third-order valence-electron chi connectivity index (χ3n) is 9.20. The molecule has 3 fully saturated rings. The molecule has 1 aromatic heterocycles. The molecule has 7 nitrogen and oxygen atoms in total. The minimum Gasteiger partial charge on any atom is -0.495 e. The van der Waals surface area contributed by atoms with Crippen LogP contribution in [0.25, 0.3) is 0 Å². The monoisotopic (exact) mass is 504 g/mol. The van der Waals surface area contributed by atoms with Crippen LogP contribution >= 0.6 is 0 Å². The van der Waals surface area contributed by atoms with Crippen LogP contribution in [0.1, 0.15) is 56.2 Å². The normalized spacial score (nSPS) is 26.1. The number of amides is 2. The van der Waals surface area contributed by atoms with Crippen LogP contribution in [0.15, 0.2) is 48.7 Å². The fraction of sp³-hybridized carbons (Fsp3) is 0.567. The van der Waals surface area contributed by atoms with E-state index in [1.807, 2.05) is 11.0 Å². The fourth-order valence-electron chi connectivity index (χ4n) is 6.71. The van der Waals surface area contributed by atoms with Crippen molar-refractivity contribution in [2.75, 3.05) is 40.8 Å². The van der Waals surface area contributed by atoms with Crippen molar-refractivity contribution in [3.63, 3.8) is 0 Å². The molecule has 0 N–H and O–H groups in total. The topological polar surface area (TPSA) is 66.0 Å². The maximum Gasteiger partial charge on any atom is 0.321 e. The summed E-state index contributed by atoms with van der Waals surface area (Å²) in [4.78, 5) is 37.6. The van der Waals surface area contributed by atoms with E-state index in [9.17, 15) is 9.59 Å². The summed E-state index contributed by atoms with van der Waals surface area (Å²) in [6.45, 7) is 1.57. The van der Waals surface area contributed by atoms with Gasteiger partial charge in [-0.15, -0.1) is 0 Å². The van der Waals surface area contributed by atoms with Crippen LogP contribution in [0.5, 0.6) is 5.75 Å². The second-order valence-corrected chi connectivity index (χ2v) is 11.4. The van der Waals surface area contributed by atoms with Crippen molar-refractivity contribution in [1.29, 1.82) is 0 Å². The number of ketones is 1. The molecule has 0 bridgehead atoms. The first-order valence-corrected chi connectivity index (χ1v) is 13.7. The first-order chi connectivity index (χ1) is 17.9. The van der Waals surface area contributed by atoms with Crippen molar-refractivity contribution in [3.05, 3.63) is 59.9 Å². The zero-order chi connectivity index (χ0) is 26.0. The van der Waals surface area contributed by atoms with Gasteiger partial charge in [0.05, 0.1) is 31.3 Å². The molecule has 2 aromatic rings. The van der Waals surface area contributed by atoms with Crippen LogP contribution < -0.4 is 4.74 Å². The van der Waals surface area contributed by atoms with Crippen molar-refractivity contribution in [1.82, 2.24) is 19.7 Å². The van der Waals surface area contributed by atoms with E-state index in [2.05, 4.69) is 59.2 Å². The van der Waals surface area contributed by atoms with Crippen molar-refractivity contribution < 1.29 is 14.3 Å². The molecule has 2 saturated carbocycles. The molecule has 5 rings (SSSR count). The zero-order valence-electron chi connectivity index (χ0n) is 22.5. The van der Waals surface area contributed by atoms with Gasteiger partial charge < -0.3 is 14.5 Å². The van der Waals surface area contributed by atoms with Crippen LogP contribution in [-0.2, 0) is 16.8 Å². The number of hydrogen-bond acceptors (Lipinski definition) is 5. The lowest BCUT2D eigenvalue weighted by Crippen LogP contribution is -2.56. The number of aromatic nitrogens is 1. The van der Waals surface area contributed by atoms with Gasteiger partial charge in [0.15, 0.2) is 5.78 Å². The third kappa shape index (κ3) is 4.86. The van der Waals surface area contributed by atoms with Gasteiger partial charge in [-0.25, -0.2) is 4.79 Å².